The van der Waals surface area contributed by atoms with Gasteiger partial charge in [0.25, 0.3) is 0 Å². The molecule has 0 amide bonds. The van der Waals surface area contributed by atoms with Crippen molar-refractivity contribution in [3.8, 4) is 0 Å². The van der Waals surface area contributed by atoms with Gasteiger partial charge in [-0.05, 0) is 36.6 Å². The van der Waals surface area contributed by atoms with Gasteiger partial charge in [-0.2, -0.15) is 0 Å². The number of hydrogen-bond acceptors (Lipinski definition) is 2. The summed E-state index contributed by atoms with van der Waals surface area (Å²) in [5.41, 5.74) is 0.522. The highest BCUT2D eigenvalue weighted by Gasteiger charge is 2.17. The Morgan fingerprint density at radius 1 is 1.41 bits per heavy atom. The van der Waals surface area contributed by atoms with Gasteiger partial charge in [0.1, 0.15) is 5.82 Å². The van der Waals surface area contributed by atoms with Crippen molar-refractivity contribution in [1.82, 2.24) is 0 Å². The molecule has 0 aliphatic heterocycles. The van der Waals surface area contributed by atoms with E-state index in [1.54, 1.807) is 0 Å². The van der Waals surface area contributed by atoms with Crippen molar-refractivity contribution in [2.24, 2.45) is 0 Å². The quantitative estimate of drug-likeness (QED) is 0.877. The third kappa shape index (κ3) is 3.03. The Bertz CT molecular complexity index is 411. The lowest BCUT2D eigenvalue weighted by Gasteiger charge is -2.12. The lowest BCUT2D eigenvalue weighted by molar-refractivity contribution is 0.0439. The molecule has 1 aromatic rings. The monoisotopic (exact) mass is 238 g/mol. The van der Waals surface area contributed by atoms with Gasteiger partial charge in [-0.1, -0.05) is 12.8 Å². The van der Waals surface area contributed by atoms with E-state index in [-0.39, 0.29) is 18.3 Å². The molecule has 1 N–H and O–H groups in total. The Morgan fingerprint density at radius 3 is 2.76 bits per heavy atom. The highest BCUT2D eigenvalue weighted by molar-refractivity contribution is 5.89. The maximum Gasteiger partial charge on any atom is 0.336 e. The van der Waals surface area contributed by atoms with E-state index in [1.807, 2.05) is 0 Å². The molecule has 0 spiro atoms. The maximum atomic E-state index is 13.1. The maximum absolute atomic E-state index is 13.1. The van der Waals surface area contributed by atoms with E-state index < -0.39 is 11.8 Å². The van der Waals surface area contributed by atoms with E-state index in [2.05, 4.69) is 0 Å². The molecule has 92 valence electrons. The minimum Gasteiger partial charge on any atom is -0.478 e. The number of carbonyl (C=O) groups is 1. The lowest BCUT2D eigenvalue weighted by Crippen LogP contribution is -2.10. The number of carboxylic acids is 1. The molecule has 1 aromatic carbocycles. The predicted octanol–water partition coefficient (Wildman–Crippen LogP) is 2.98. The minimum atomic E-state index is -1.05. The molecule has 1 saturated carbocycles. The van der Waals surface area contributed by atoms with E-state index >= 15 is 0 Å². The third-order valence-corrected chi connectivity index (χ3v) is 3.07. The second kappa shape index (κ2) is 5.27. The SMILES string of the molecule is O=C(O)c1ccc(F)cc1COC1CCCC1. The molecule has 4 heteroatoms. The summed E-state index contributed by atoms with van der Waals surface area (Å²) in [7, 11) is 0. The molecule has 0 unspecified atom stereocenters. The smallest absolute Gasteiger partial charge is 0.336 e. The zero-order valence-electron chi connectivity index (χ0n) is 9.49. The van der Waals surface area contributed by atoms with Crippen LogP contribution in [0.5, 0.6) is 0 Å². The molecule has 0 aromatic heterocycles. The summed E-state index contributed by atoms with van der Waals surface area (Å²) in [6, 6.07) is 3.67. The van der Waals surface area contributed by atoms with Gasteiger partial charge in [-0.3, -0.25) is 0 Å². The van der Waals surface area contributed by atoms with Gasteiger partial charge in [0.05, 0.1) is 18.3 Å². The first-order valence-electron chi connectivity index (χ1n) is 5.80. The zero-order chi connectivity index (χ0) is 12.3. The van der Waals surface area contributed by atoms with Crippen LogP contribution in [-0.2, 0) is 11.3 Å². The standard InChI is InChI=1S/C13H15FO3/c14-10-5-6-12(13(15)16)9(7-10)8-17-11-3-1-2-4-11/h5-7,11H,1-4,8H2,(H,15,16). The molecule has 1 fully saturated rings. The Morgan fingerprint density at radius 2 is 2.12 bits per heavy atom. The van der Waals surface area contributed by atoms with Gasteiger partial charge in [0.15, 0.2) is 0 Å². The molecule has 17 heavy (non-hydrogen) atoms. The summed E-state index contributed by atoms with van der Waals surface area (Å²) in [5, 5.41) is 8.97. The first kappa shape index (κ1) is 12.0. The van der Waals surface area contributed by atoms with Crippen molar-refractivity contribution in [3.63, 3.8) is 0 Å². The zero-order valence-corrected chi connectivity index (χ0v) is 9.49. The Hall–Kier alpha value is -1.42. The average molecular weight is 238 g/mol. The topological polar surface area (TPSA) is 46.5 Å². The highest BCUT2D eigenvalue weighted by Crippen LogP contribution is 2.23. The average Bonchev–Trinajstić information content (AvgIpc) is 2.78. The number of halogens is 1. The van der Waals surface area contributed by atoms with Gasteiger partial charge in [-0.25, -0.2) is 9.18 Å². The first-order chi connectivity index (χ1) is 8.16. The molecule has 1 aliphatic rings. The summed E-state index contributed by atoms with van der Waals surface area (Å²) in [5.74, 6) is -1.48. The predicted molar refractivity (Wildman–Crippen MR) is 60.4 cm³/mol. The van der Waals surface area contributed by atoms with Crippen LogP contribution in [-0.4, -0.2) is 17.2 Å². The van der Waals surface area contributed by atoms with Gasteiger partial charge < -0.3 is 9.84 Å². The molecule has 1 aliphatic carbocycles. The molecule has 0 bridgehead atoms. The Labute approximate surface area is 99.2 Å². The molecule has 2 rings (SSSR count). The number of aromatic carboxylic acids is 1. The lowest BCUT2D eigenvalue weighted by atomic mass is 10.1. The van der Waals surface area contributed by atoms with Crippen LogP contribution in [0.1, 0.15) is 41.6 Å². The molecule has 0 radical (unpaired) electrons. The normalized spacial score (nSPS) is 16.3. The fourth-order valence-corrected chi connectivity index (χ4v) is 2.15. The van der Waals surface area contributed by atoms with Crippen LogP contribution in [0.25, 0.3) is 0 Å². The molecule has 0 atom stereocenters. The third-order valence-electron chi connectivity index (χ3n) is 3.07. The summed E-state index contributed by atoms with van der Waals surface area (Å²) >= 11 is 0. The fraction of sp³-hybridized carbons (Fsp3) is 0.462. The van der Waals surface area contributed by atoms with Gasteiger partial charge in [0, 0.05) is 0 Å². The minimum absolute atomic E-state index is 0.115. The van der Waals surface area contributed by atoms with Crippen molar-refractivity contribution in [2.45, 2.75) is 38.4 Å². The van der Waals surface area contributed by atoms with E-state index in [4.69, 9.17) is 9.84 Å². The van der Waals surface area contributed by atoms with Crippen LogP contribution in [0.15, 0.2) is 18.2 Å². The fourth-order valence-electron chi connectivity index (χ4n) is 2.15. The van der Waals surface area contributed by atoms with Gasteiger partial charge in [-0.15, -0.1) is 0 Å². The van der Waals surface area contributed by atoms with Crippen LogP contribution < -0.4 is 0 Å². The Balaban J connectivity index is 2.07. The number of rotatable bonds is 4. The van der Waals surface area contributed by atoms with Crippen molar-refractivity contribution in [2.75, 3.05) is 0 Å². The highest BCUT2D eigenvalue weighted by atomic mass is 19.1. The van der Waals surface area contributed by atoms with Gasteiger partial charge >= 0.3 is 5.97 Å². The van der Waals surface area contributed by atoms with E-state index in [0.29, 0.717) is 5.56 Å². The van der Waals surface area contributed by atoms with Crippen LogP contribution in [0.4, 0.5) is 4.39 Å². The van der Waals surface area contributed by atoms with Gasteiger partial charge in [0.2, 0.25) is 0 Å². The van der Waals surface area contributed by atoms with E-state index in [1.165, 1.54) is 12.1 Å². The van der Waals surface area contributed by atoms with E-state index in [9.17, 15) is 9.18 Å². The summed E-state index contributed by atoms with van der Waals surface area (Å²) in [4.78, 5) is 11.0. The number of carboxylic acid groups (broad SMARTS) is 1. The largest absolute Gasteiger partial charge is 0.478 e. The summed E-state index contributed by atoms with van der Waals surface area (Å²) in [6.07, 6.45) is 4.52. The number of hydrogen-bond donors (Lipinski definition) is 1. The van der Waals surface area contributed by atoms with Crippen LogP contribution in [0.3, 0.4) is 0 Å². The van der Waals surface area contributed by atoms with Crippen molar-refractivity contribution in [3.05, 3.63) is 35.1 Å². The van der Waals surface area contributed by atoms with Crippen molar-refractivity contribution < 1.29 is 19.0 Å². The molecule has 3 nitrogen and oxygen atoms in total. The Kier molecular flexibility index (Phi) is 3.74. The molecular formula is C13H15FO3. The van der Waals surface area contributed by atoms with E-state index in [0.717, 1.165) is 31.7 Å². The molecular weight excluding hydrogens is 223 g/mol. The van der Waals surface area contributed by atoms with Crippen LogP contribution >= 0.6 is 0 Å². The van der Waals surface area contributed by atoms with Crippen LogP contribution in [0.2, 0.25) is 0 Å². The molecule has 0 saturated heterocycles. The van der Waals surface area contributed by atoms with Crippen LogP contribution in [0, 0.1) is 5.82 Å². The second-order valence-electron chi connectivity index (χ2n) is 4.32. The first-order valence-corrected chi connectivity index (χ1v) is 5.80. The molecule has 0 heterocycles. The second-order valence-corrected chi connectivity index (χ2v) is 4.32. The number of ether oxygens (including phenoxy) is 1. The number of benzene rings is 1. The summed E-state index contributed by atoms with van der Waals surface area (Å²) in [6.45, 7) is 0.171. The van der Waals surface area contributed by atoms with Crippen molar-refractivity contribution in [1.29, 1.82) is 0 Å². The van der Waals surface area contributed by atoms with Crippen molar-refractivity contribution >= 4 is 5.97 Å². The summed E-state index contributed by atoms with van der Waals surface area (Å²) < 4.78 is 18.7.